The van der Waals surface area contributed by atoms with E-state index >= 15 is 0 Å². The van der Waals surface area contributed by atoms with Crippen LogP contribution < -0.4 is 9.44 Å². The van der Waals surface area contributed by atoms with Gasteiger partial charge in [0.1, 0.15) is 0 Å². The van der Waals surface area contributed by atoms with E-state index in [1.807, 2.05) is 6.92 Å². The standard InChI is InChI=1S/C20H17F3N2O4S2/c1-14-5-9-18(10-6-14)30(26,27)24-16-7-11-19(12-8-16)31(28,29)25-17-4-2-3-15(13-17)20(21,22)23/h2-13,24-25H,1H3. The summed E-state index contributed by atoms with van der Waals surface area (Å²) < 4.78 is 92.6. The fraction of sp³-hybridized carbons (Fsp3) is 0.100. The van der Waals surface area contributed by atoms with Gasteiger partial charge >= 0.3 is 6.18 Å². The van der Waals surface area contributed by atoms with Gasteiger partial charge in [0.25, 0.3) is 20.0 Å². The molecule has 6 nitrogen and oxygen atoms in total. The molecule has 0 aliphatic carbocycles. The number of hydrogen-bond donors (Lipinski definition) is 2. The molecule has 3 aromatic carbocycles. The van der Waals surface area contributed by atoms with E-state index in [9.17, 15) is 30.0 Å². The van der Waals surface area contributed by atoms with Crippen LogP contribution in [-0.2, 0) is 26.2 Å². The number of aryl methyl sites for hydroxylation is 1. The van der Waals surface area contributed by atoms with Crippen LogP contribution in [-0.4, -0.2) is 16.8 Å². The van der Waals surface area contributed by atoms with Crippen molar-refractivity contribution in [3.05, 3.63) is 83.9 Å². The highest BCUT2D eigenvalue weighted by Crippen LogP contribution is 2.31. The van der Waals surface area contributed by atoms with Gasteiger partial charge in [-0.15, -0.1) is 0 Å². The molecule has 0 aliphatic rings. The molecule has 0 bridgehead atoms. The summed E-state index contributed by atoms with van der Waals surface area (Å²) in [6, 6.07) is 14.7. The Bertz CT molecular complexity index is 1290. The van der Waals surface area contributed by atoms with Gasteiger partial charge in [0.05, 0.1) is 15.4 Å². The molecule has 0 aromatic heterocycles. The third-order valence-electron chi connectivity index (χ3n) is 4.19. The molecule has 0 aliphatic heterocycles. The van der Waals surface area contributed by atoms with E-state index in [1.54, 1.807) is 12.1 Å². The molecule has 0 saturated heterocycles. The minimum Gasteiger partial charge on any atom is -0.280 e. The van der Waals surface area contributed by atoms with E-state index in [-0.39, 0.29) is 21.2 Å². The smallest absolute Gasteiger partial charge is 0.280 e. The van der Waals surface area contributed by atoms with Crippen LogP contribution in [0.4, 0.5) is 24.5 Å². The molecule has 2 N–H and O–H groups in total. The normalized spacial score (nSPS) is 12.4. The average molecular weight is 470 g/mol. The Kier molecular flexibility index (Phi) is 6.01. The number of rotatable bonds is 6. The van der Waals surface area contributed by atoms with Crippen molar-refractivity contribution in [2.24, 2.45) is 0 Å². The van der Waals surface area contributed by atoms with Gasteiger partial charge in [-0.2, -0.15) is 13.2 Å². The Morgan fingerprint density at radius 2 is 1.16 bits per heavy atom. The van der Waals surface area contributed by atoms with Crippen molar-refractivity contribution in [1.82, 2.24) is 0 Å². The van der Waals surface area contributed by atoms with Crippen molar-refractivity contribution in [1.29, 1.82) is 0 Å². The number of sulfonamides is 2. The van der Waals surface area contributed by atoms with Crippen molar-refractivity contribution in [3.63, 3.8) is 0 Å². The zero-order valence-electron chi connectivity index (χ0n) is 16.0. The lowest BCUT2D eigenvalue weighted by atomic mass is 10.2. The van der Waals surface area contributed by atoms with Gasteiger partial charge in [-0.05, 0) is 61.5 Å². The molecule has 11 heteroatoms. The van der Waals surface area contributed by atoms with Crippen LogP contribution in [0.3, 0.4) is 0 Å². The molecule has 3 rings (SSSR count). The van der Waals surface area contributed by atoms with Crippen molar-refractivity contribution < 1.29 is 30.0 Å². The first-order valence-corrected chi connectivity index (χ1v) is 11.7. The van der Waals surface area contributed by atoms with Crippen LogP contribution in [0.15, 0.2) is 82.6 Å². The number of alkyl halides is 3. The minimum atomic E-state index is -4.61. The first-order valence-electron chi connectivity index (χ1n) is 8.76. The second-order valence-electron chi connectivity index (χ2n) is 6.63. The van der Waals surface area contributed by atoms with Gasteiger partial charge in [-0.1, -0.05) is 23.8 Å². The Balaban J connectivity index is 1.78. The summed E-state index contributed by atoms with van der Waals surface area (Å²) >= 11 is 0. The van der Waals surface area contributed by atoms with Gasteiger partial charge in [-0.25, -0.2) is 16.8 Å². The molecule has 164 valence electrons. The number of nitrogens with one attached hydrogen (secondary N) is 2. The molecular formula is C20H17F3N2O4S2. The molecule has 0 unspecified atom stereocenters. The molecular weight excluding hydrogens is 453 g/mol. The molecule has 0 fully saturated rings. The van der Waals surface area contributed by atoms with Crippen LogP contribution in [0.1, 0.15) is 11.1 Å². The summed E-state index contributed by atoms with van der Waals surface area (Å²) in [6.07, 6.45) is -4.61. The molecule has 0 radical (unpaired) electrons. The lowest BCUT2D eigenvalue weighted by Crippen LogP contribution is -2.15. The number of halogens is 3. The maximum atomic E-state index is 12.8. The highest BCUT2D eigenvalue weighted by atomic mass is 32.2. The molecule has 0 atom stereocenters. The van der Waals surface area contributed by atoms with Gasteiger partial charge in [-0.3, -0.25) is 9.44 Å². The fourth-order valence-electron chi connectivity index (χ4n) is 2.61. The van der Waals surface area contributed by atoms with E-state index in [4.69, 9.17) is 0 Å². The summed E-state index contributed by atoms with van der Waals surface area (Å²) in [6.45, 7) is 1.82. The van der Waals surface area contributed by atoms with Crippen LogP contribution in [0.2, 0.25) is 0 Å². The lowest BCUT2D eigenvalue weighted by Gasteiger charge is -2.12. The number of anilines is 2. The fourth-order valence-corrected chi connectivity index (χ4v) is 4.71. The van der Waals surface area contributed by atoms with Crippen LogP contribution in [0, 0.1) is 6.92 Å². The van der Waals surface area contributed by atoms with E-state index in [0.29, 0.717) is 6.07 Å². The van der Waals surface area contributed by atoms with Gasteiger partial charge in [0.15, 0.2) is 0 Å². The quantitative estimate of drug-likeness (QED) is 0.550. The van der Waals surface area contributed by atoms with Gasteiger partial charge in [0, 0.05) is 11.4 Å². The van der Waals surface area contributed by atoms with Crippen molar-refractivity contribution in [2.75, 3.05) is 9.44 Å². The summed E-state index contributed by atoms with van der Waals surface area (Å²) in [4.78, 5) is -0.204. The highest BCUT2D eigenvalue weighted by Gasteiger charge is 2.30. The highest BCUT2D eigenvalue weighted by molar-refractivity contribution is 7.93. The topological polar surface area (TPSA) is 92.3 Å². The molecule has 0 amide bonds. The van der Waals surface area contributed by atoms with Gasteiger partial charge in [0.2, 0.25) is 0 Å². The lowest BCUT2D eigenvalue weighted by molar-refractivity contribution is -0.137. The van der Waals surface area contributed by atoms with Crippen LogP contribution in [0.5, 0.6) is 0 Å². The third kappa shape index (κ3) is 5.56. The summed E-state index contributed by atoms with van der Waals surface area (Å²) in [5.41, 5.74) is -0.229. The van der Waals surface area contributed by atoms with E-state index in [0.717, 1.165) is 29.8 Å². The Labute approximate surface area is 177 Å². The summed E-state index contributed by atoms with van der Waals surface area (Å²) in [5, 5.41) is 0. The van der Waals surface area contributed by atoms with Crippen molar-refractivity contribution >= 4 is 31.4 Å². The van der Waals surface area contributed by atoms with Crippen molar-refractivity contribution in [2.45, 2.75) is 22.9 Å². The zero-order valence-corrected chi connectivity index (χ0v) is 17.6. The molecule has 31 heavy (non-hydrogen) atoms. The Morgan fingerprint density at radius 1 is 0.677 bits per heavy atom. The van der Waals surface area contributed by atoms with Crippen molar-refractivity contribution in [3.8, 4) is 0 Å². The number of benzene rings is 3. The van der Waals surface area contributed by atoms with Crippen LogP contribution >= 0.6 is 0 Å². The van der Waals surface area contributed by atoms with E-state index in [1.165, 1.54) is 30.3 Å². The van der Waals surface area contributed by atoms with E-state index < -0.39 is 31.8 Å². The monoisotopic (exact) mass is 470 g/mol. The molecule has 0 spiro atoms. The first-order chi connectivity index (χ1) is 14.4. The van der Waals surface area contributed by atoms with E-state index in [2.05, 4.69) is 9.44 Å². The maximum Gasteiger partial charge on any atom is 0.416 e. The summed E-state index contributed by atoms with van der Waals surface area (Å²) in [5.74, 6) is 0. The Hall–Kier alpha value is -3.05. The zero-order chi connectivity index (χ0) is 22.9. The predicted octanol–water partition coefficient (Wildman–Crippen LogP) is 4.62. The second kappa shape index (κ2) is 8.23. The Morgan fingerprint density at radius 3 is 1.68 bits per heavy atom. The first kappa shape index (κ1) is 22.6. The summed E-state index contributed by atoms with van der Waals surface area (Å²) in [7, 11) is -8.05. The van der Waals surface area contributed by atoms with Gasteiger partial charge < -0.3 is 0 Å². The second-order valence-corrected chi connectivity index (χ2v) is 9.99. The minimum absolute atomic E-state index is 0.0426. The SMILES string of the molecule is Cc1ccc(S(=O)(=O)Nc2ccc(S(=O)(=O)Nc3cccc(C(F)(F)F)c3)cc2)cc1. The van der Waals surface area contributed by atoms with Crippen LogP contribution in [0.25, 0.3) is 0 Å². The molecule has 0 saturated carbocycles. The largest absolute Gasteiger partial charge is 0.416 e. The predicted molar refractivity (Wildman–Crippen MR) is 111 cm³/mol. The maximum absolute atomic E-state index is 12.8. The molecule has 0 heterocycles. The average Bonchev–Trinajstić information content (AvgIpc) is 2.67. The third-order valence-corrected chi connectivity index (χ3v) is 6.98. The number of hydrogen-bond acceptors (Lipinski definition) is 4. The molecule has 3 aromatic rings.